The number of hydrogen-bond donors (Lipinski definition) is 0. The van der Waals surface area contributed by atoms with Gasteiger partial charge in [-0.15, -0.1) is 0 Å². The third kappa shape index (κ3) is 54.7. The van der Waals surface area contributed by atoms with Gasteiger partial charge in [0, 0.05) is 19.3 Å². The Hall–Kier alpha value is -4.19. The first kappa shape index (κ1) is 65.8. The monoisotopic (exact) mass is 969 g/mol. The Morgan fingerprint density at radius 1 is 0.300 bits per heavy atom. The third-order valence-corrected chi connectivity index (χ3v) is 11.7. The van der Waals surface area contributed by atoms with E-state index in [-0.39, 0.29) is 31.1 Å². The molecule has 0 aromatic carbocycles. The third-order valence-electron chi connectivity index (χ3n) is 11.7. The summed E-state index contributed by atoms with van der Waals surface area (Å²) in [5.41, 5.74) is 0. The smallest absolute Gasteiger partial charge is 0.306 e. The summed E-state index contributed by atoms with van der Waals surface area (Å²) in [6, 6.07) is 0. The minimum Gasteiger partial charge on any atom is -0.462 e. The summed E-state index contributed by atoms with van der Waals surface area (Å²) in [4.78, 5) is 38.2. The van der Waals surface area contributed by atoms with Gasteiger partial charge in [0.25, 0.3) is 0 Å². The van der Waals surface area contributed by atoms with Crippen LogP contribution in [0.15, 0.2) is 122 Å². The SMILES string of the molecule is CC/C=C\C/C=C\C/C=C\C/C=C\C/C=C\CCCCCC(=O)OCC(COC(=O)CCCCCCC/C=C\C/C=C\CCCC)OC(=O)CCCCCCCC/C=C\C/C=C\C/C=C\CCCCC. The van der Waals surface area contributed by atoms with E-state index in [2.05, 4.69) is 142 Å². The van der Waals surface area contributed by atoms with Gasteiger partial charge < -0.3 is 14.2 Å². The summed E-state index contributed by atoms with van der Waals surface area (Å²) < 4.78 is 16.8. The Bertz CT molecular complexity index is 1490. The highest BCUT2D eigenvalue weighted by molar-refractivity contribution is 5.71. The molecule has 1 atom stereocenters. The Labute approximate surface area is 431 Å². The molecule has 6 nitrogen and oxygen atoms in total. The summed E-state index contributed by atoms with van der Waals surface area (Å²) >= 11 is 0. The Morgan fingerprint density at radius 3 is 0.929 bits per heavy atom. The fourth-order valence-electron chi connectivity index (χ4n) is 7.37. The Morgan fingerprint density at radius 2 is 0.571 bits per heavy atom. The molecule has 1 unspecified atom stereocenters. The molecule has 396 valence electrons. The van der Waals surface area contributed by atoms with E-state index in [1.165, 1.54) is 57.8 Å². The van der Waals surface area contributed by atoms with E-state index in [1.54, 1.807) is 0 Å². The predicted octanol–water partition coefficient (Wildman–Crippen LogP) is 19.3. The summed E-state index contributed by atoms with van der Waals surface area (Å²) in [6.07, 6.45) is 78.9. The lowest BCUT2D eigenvalue weighted by atomic mass is 10.1. The highest BCUT2D eigenvalue weighted by atomic mass is 16.6. The second kappa shape index (κ2) is 57.4. The summed E-state index contributed by atoms with van der Waals surface area (Å²) in [5.74, 6) is -0.966. The molecule has 0 bridgehead atoms. The van der Waals surface area contributed by atoms with E-state index in [0.29, 0.717) is 19.3 Å². The molecular formula is C64H104O6. The van der Waals surface area contributed by atoms with E-state index in [0.717, 1.165) is 148 Å². The maximum atomic E-state index is 12.9. The molecule has 0 aliphatic carbocycles. The molecule has 0 saturated carbocycles. The van der Waals surface area contributed by atoms with E-state index >= 15 is 0 Å². The van der Waals surface area contributed by atoms with Gasteiger partial charge in [0.05, 0.1) is 0 Å². The minimum absolute atomic E-state index is 0.105. The standard InChI is InChI=1S/C64H104O6/c1-4-7-10-13-16-19-22-25-28-30-32-34-36-39-42-45-48-51-54-57-63(66)69-60-61(59-68-62(65)56-53-50-47-44-41-38-27-24-21-18-15-12-9-6-3)70-64(67)58-55-52-49-46-43-40-37-35-33-31-29-26-23-20-17-14-11-8-5-2/h7,10,15-20,24-29,32-35,39,42,61H,4-6,8-9,11-14,21-23,30-31,36-38,40-41,43-60H2,1-3H3/b10-7-,18-15-,19-16-,20-17-,27-24-,28-25-,29-26-,34-32-,35-33-,42-39-. The van der Waals surface area contributed by atoms with Crippen molar-refractivity contribution in [1.29, 1.82) is 0 Å². The van der Waals surface area contributed by atoms with Gasteiger partial charge in [-0.3, -0.25) is 14.4 Å². The molecule has 0 saturated heterocycles. The van der Waals surface area contributed by atoms with Crippen molar-refractivity contribution in [3.8, 4) is 0 Å². The van der Waals surface area contributed by atoms with Crippen LogP contribution in [-0.2, 0) is 28.6 Å². The molecule has 0 aliphatic rings. The average Bonchev–Trinajstić information content (AvgIpc) is 3.36. The number of carbonyl (C=O) groups is 3. The first-order chi connectivity index (χ1) is 34.5. The maximum absolute atomic E-state index is 12.9. The summed E-state index contributed by atoms with van der Waals surface area (Å²) in [6.45, 7) is 6.40. The van der Waals surface area contributed by atoms with Crippen LogP contribution in [0.3, 0.4) is 0 Å². The quantitative estimate of drug-likeness (QED) is 0.0262. The van der Waals surface area contributed by atoms with Crippen molar-refractivity contribution >= 4 is 17.9 Å². The van der Waals surface area contributed by atoms with E-state index in [9.17, 15) is 14.4 Å². The zero-order valence-corrected chi connectivity index (χ0v) is 45.2. The second-order valence-electron chi connectivity index (χ2n) is 18.5. The number of esters is 3. The molecule has 0 amide bonds. The zero-order chi connectivity index (χ0) is 50.7. The number of hydrogen-bond acceptors (Lipinski definition) is 6. The zero-order valence-electron chi connectivity index (χ0n) is 45.2. The van der Waals surface area contributed by atoms with Gasteiger partial charge in [0.15, 0.2) is 6.10 Å². The Balaban J connectivity index is 4.51. The van der Waals surface area contributed by atoms with Crippen molar-refractivity contribution < 1.29 is 28.6 Å². The first-order valence-corrected chi connectivity index (χ1v) is 28.5. The van der Waals surface area contributed by atoms with Gasteiger partial charge in [0.2, 0.25) is 0 Å². The molecule has 6 heteroatoms. The van der Waals surface area contributed by atoms with Crippen LogP contribution >= 0.6 is 0 Å². The average molecular weight is 970 g/mol. The lowest BCUT2D eigenvalue weighted by Gasteiger charge is -2.18. The summed E-state index contributed by atoms with van der Waals surface area (Å²) in [7, 11) is 0. The highest BCUT2D eigenvalue weighted by Gasteiger charge is 2.19. The van der Waals surface area contributed by atoms with Gasteiger partial charge in [-0.25, -0.2) is 0 Å². The van der Waals surface area contributed by atoms with Gasteiger partial charge in [-0.1, -0.05) is 219 Å². The van der Waals surface area contributed by atoms with Gasteiger partial charge in [-0.2, -0.15) is 0 Å². The van der Waals surface area contributed by atoms with Crippen LogP contribution in [0, 0.1) is 0 Å². The van der Waals surface area contributed by atoms with Gasteiger partial charge >= 0.3 is 17.9 Å². The summed E-state index contributed by atoms with van der Waals surface area (Å²) in [5, 5.41) is 0. The lowest BCUT2D eigenvalue weighted by molar-refractivity contribution is -0.167. The molecular weight excluding hydrogens is 865 g/mol. The fraction of sp³-hybridized carbons (Fsp3) is 0.641. The molecule has 0 radical (unpaired) electrons. The van der Waals surface area contributed by atoms with Crippen molar-refractivity contribution in [3.05, 3.63) is 122 Å². The van der Waals surface area contributed by atoms with Crippen LogP contribution in [0.5, 0.6) is 0 Å². The second-order valence-corrected chi connectivity index (χ2v) is 18.5. The fourth-order valence-corrected chi connectivity index (χ4v) is 7.37. The van der Waals surface area contributed by atoms with Crippen LogP contribution in [0.4, 0.5) is 0 Å². The van der Waals surface area contributed by atoms with Crippen LogP contribution in [0.2, 0.25) is 0 Å². The van der Waals surface area contributed by atoms with Crippen molar-refractivity contribution in [2.45, 2.75) is 252 Å². The van der Waals surface area contributed by atoms with Crippen LogP contribution < -0.4 is 0 Å². The first-order valence-electron chi connectivity index (χ1n) is 28.5. The number of carbonyl (C=O) groups excluding carboxylic acids is 3. The molecule has 0 fully saturated rings. The van der Waals surface area contributed by atoms with E-state index in [1.807, 2.05) is 0 Å². The minimum atomic E-state index is -0.809. The van der Waals surface area contributed by atoms with Crippen molar-refractivity contribution in [2.75, 3.05) is 13.2 Å². The van der Waals surface area contributed by atoms with E-state index < -0.39 is 6.10 Å². The topological polar surface area (TPSA) is 78.9 Å². The van der Waals surface area contributed by atoms with Gasteiger partial charge in [-0.05, 0) is 128 Å². The molecule has 0 rings (SSSR count). The molecule has 0 N–H and O–H groups in total. The Kier molecular flexibility index (Phi) is 54.0. The lowest BCUT2D eigenvalue weighted by Crippen LogP contribution is -2.30. The van der Waals surface area contributed by atoms with Crippen LogP contribution in [-0.4, -0.2) is 37.2 Å². The number of rotatable bonds is 50. The molecule has 0 heterocycles. The molecule has 0 aliphatic heterocycles. The largest absolute Gasteiger partial charge is 0.462 e. The molecule has 70 heavy (non-hydrogen) atoms. The number of allylic oxidation sites excluding steroid dienone is 20. The predicted molar refractivity (Wildman–Crippen MR) is 302 cm³/mol. The molecule has 0 aromatic heterocycles. The van der Waals surface area contributed by atoms with Gasteiger partial charge in [0.1, 0.15) is 13.2 Å². The normalized spacial score (nSPS) is 13.0. The van der Waals surface area contributed by atoms with E-state index in [4.69, 9.17) is 14.2 Å². The number of unbranched alkanes of at least 4 members (excludes halogenated alkanes) is 19. The number of ether oxygens (including phenoxy) is 3. The van der Waals surface area contributed by atoms with Crippen LogP contribution in [0.25, 0.3) is 0 Å². The highest BCUT2D eigenvalue weighted by Crippen LogP contribution is 2.13. The van der Waals surface area contributed by atoms with Crippen molar-refractivity contribution in [1.82, 2.24) is 0 Å². The molecule has 0 aromatic rings. The van der Waals surface area contributed by atoms with Crippen molar-refractivity contribution in [3.63, 3.8) is 0 Å². The van der Waals surface area contributed by atoms with Crippen LogP contribution in [0.1, 0.15) is 245 Å². The molecule has 0 spiro atoms. The van der Waals surface area contributed by atoms with Crippen molar-refractivity contribution in [2.24, 2.45) is 0 Å². The maximum Gasteiger partial charge on any atom is 0.306 e.